The van der Waals surface area contributed by atoms with Gasteiger partial charge in [-0.3, -0.25) is 9.78 Å². The molecule has 2 heterocycles. The summed E-state index contributed by atoms with van der Waals surface area (Å²) in [6.45, 7) is 9.49. The first-order chi connectivity index (χ1) is 13.3. The number of nitrogens with one attached hydrogen (secondary N) is 1. The number of aromatic nitrogens is 1. The van der Waals surface area contributed by atoms with Gasteiger partial charge in [0.2, 0.25) is 0 Å². The average molecular weight is 406 g/mol. The Labute approximate surface area is 167 Å². The number of alkyl halides is 3. The van der Waals surface area contributed by atoms with Crippen LogP contribution in [0.4, 0.5) is 18.9 Å². The van der Waals surface area contributed by atoms with Crippen LogP contribution in [-0.4, -0.2) is 29.2 Å². The number of hydrogen-bond acceptors (Lipinski definition) is 4. The molecule has 1 saturated heterocycles. The van der Waals surface area contributed by atoms with E-state index in [0.717, 1.165) is 12.1 Å². The summed E-state index contributed by atoms with van der Waals surface area (Å²) < 4.78 is 50.7. The first-order valence-corrected chi connectivity index (χ1v) is 9.11. The number of pyridine rings is 1. The molecule has 9 heteroatoms. The smallest absolute Gasteiger partial charge is 0.399 e. The van der Waals surface area contributed by atoms with Crippen LogP contribution in [-0.2, 0) is 15.5 Å². The van der Waals surface area contributed by atoms with E-state index in [1.54, 1.807) is 13.0 Å². The lowest BCUT2D eigenvalue weighted by Gasteiger charge is -2.32. The number of anilines is 1. The van der Waals surface area contributed by atoms with Crippen molar-refractivity contribution in [1.29, 1.82) is 0 Å². The maximum absolute atomic E-state index is 12.9. The minimum Gasteiger partial charge on any atom is -0.399 e. The minimum absolute atomic E-state index is 0.0995. The molecule has 5 nitrogen and oxygen atoms in total. The van der Waals surface area contributed by atoms with Gasteiger partial charge in [0.15, 0.2) is 0 Å². The number of carbonyl (C=O) groups is 1. The molecule has 1 amide bonds. The number of benzene rings is 1. The number of amides is 1. The van der Waals surface area contributed by atoms with Gasteiger partial charge in [-0.2, -0.15) is 13.2 Å². The summed E-state index contributed by atoms with van der Waals surface area (Å²) in [6.07, 6.45) is -3.08. The Morgan fingerprint density at radius 3 is 2.31 bits per heavy atom. The van der Waals surface area contributed by atoms with Crippen molar-refractivity contribution in [2.45, 2.75) is 52.0 Å². The molecule has 1 aliphatic rings. The van der Waals surface area contributed by atoms with Crippen molar-refractivity contribution in [3.05, 3.63) is 53.3 Å². The lowest BCUT2D eigenvalue weighted by molar-refractivity contribution is -0.137. The SMILES string of the molecule is Cc1ncc(NC(=O)c2cccc(C(F)(F)F)c2)cc1B1OC(C)(C)C(C)(C)O1. The highest BCUT2D eigenvalue weighted by Crippen LogP contribution is 2.36. The molecule has 3 rings (SSSR count). The summed E-state index contributed by atoms with van der Waals surface area (Å²) in [5.74, 6) is -0.665. The molecule has 0 unspecified atom stereocenters. The highest BCUT2D eigenvalue weighted by atomic mass is 19.4. The molecule has 2 aromatic rings. The van der Waals surface area contributed by atoms with Crippen molar-refractivity contribution >= 4 is 24.2 Å². The van der Waals surface area contributed by atoms with E-state index in [1.165, 1.54) is 18.3 Å². The zero-order valence-corrected chi connectivity index (χ0v) is 16.8. The minimum atomic E-state index is -4.52. The second-order valence-corrected chi connectivity index (χ2v) is 8.02. The Bertz CT molecular complexity index is 929. The molecule has 1 aromatic carbocycles. The molecule has 0 radical (unpaired) electrons. The summed E-state index contributed by atoms with van der Waals surface area (Å²) in [4.78, 5) is 16.7. The zero-order valence-electron chi connectivity index (χ0n) is 16.8. The van der Waals surface area contributed by atoms with Gasteiger partial charge in [0.25, 0.3) is 5.91 Å². The maximum Gasteiger partial charge on any atom is 0.496 e. The van der Waals surface area contributed by atoms with Crippen LogP contribution in [0.15, 0.2) is 36.5 Å². The fourth-order valence-corrected chi connectivity index (χ4v) is 2.87. The van der Waals surface area contributed by atoms with Gasteiger partial charge in [0, 0.05) is 16.7 Å². The van der Waals surface area contributed by atoms with Gasteiger partial charge in [0.1, 0.15) is 0 Å². The predicted octanol–water partition coefficient (Wildman–Crippen LogP) is 3.96. The molecule has 1 fully saturated rings. The van der Waals surface area contributed by atoms with E-state index in [4.69, 9.17) is 9.31 Å². The molecule has 0 atom stereocenters. The summed E-state index contributed by atoms with van der Waals surface area (Å²) in [7, 11) is -0.669. The van der Waals surface area contributed by atoms with E-state index in [0.29, 0.717) is 16.8 Å². The number of aryl methyl sites for hydroxylation is 1. The van der Waals surface area contributed by atoms with E-state index < -0.39 is 36.0 Å². The molecule has 0 saturated carbocycles. The van der Waals surface area contributed by atoms with Gasteiger partial charge in [-0.15, -0.1) is 0 Å². The molecule has 1 N–H and O–H groups in total. The molecular formula is C20H22BF3N2O3. The third kappa shape index (κ3) is 4.30. The zero-order chi connectivity index (χ0) is 21.6. The monoisotopic (exact) mass is 406 g/mol. The molecular weight excluding hydrogens is 384 g/mol. The first-order valence-electron chi connectivity index (χ1n) is 9.11. The van der Waals surface area contributed by atoms with Crippen molar-refractivity contribution < 1.29 is 27.3 Å². The third-order valence-corrected chi connectivity index (χ3v) is 5.34. The van der Waals surface area contributed by atoms with Crippen LogP contribution in [0.1, 0.15) is 49.3 Å². The average Bonchev–Trinajstić information content (AvgIpc) is 2.83. The van der Waals surface area contributed by atoms with Gasteiger partial charge in [0.05, 0.1) is 28.6 Å². The van der Waals surface area contributed by atoms with Crippen LogP contribution in [0.2, 0.25) is 0 Å². The van der Waals surface area contributed by atoms with Crippen LogP contribution in [0.3, 0.4) is 0 Å². The van der Waals surface area contributed by atoms with Crippen LogP contribution < -0.4 is 10.8 Å². The summed E-state index contributed by atoms with van der Waals surface area (Å²) in [6, 6.07) is 5.91. The van der Waals surface area contributed by atoms with Crippen molar-refractivity contribution in [3.63, 3.8) is 0 Å². The lowest BCUT2D eigenvalue weighted by Crippen LogP contribution is -2.41. The quantitative estimate of drug-likeness (QED) is 0.785. The fraction of sp³-hybridized carbons (Fsp3) is 0.400. The Morgan fingerprint density at radius 2 is 1.72 bits per heavy atom. The number of carbonyl (C=O) groups excluding carboxylic acids is 1. The van der Waals surface area contributed by atoms with E-state index in [2.05, 4.69) is 10.3 Å². The van der Waals surface area contributed by atoms with Gasteiger partial charge < -0.3 is 14.6 Å². The Kier molecular flexibility index (Phi) is 5.25. The highest BCUT2D eigenvalue weighted by Gasteiger charge is 2.52. The molecule has 1 aliphatic heterocycles. The number of halogens is 3. The Morgan fingerprint density at radius 1 is 1.10 bits per heavy atom. The van der Waals surface area contributed by atoms with E-state index in [1.807, 2.05) is 27.7 Å². The van der Waals surface area contributed by atoms with E-state index in [9.17, 15) is 18.0 Å². The Hall–Kier alpha value is -2.39. The Balaban J connectivity index is 1.83. The summed E-state index contributed by atoms with van der Waals surface area (Å²) in [5.41, 5.74) is -0.417. The highest BCUT2D eigenvalue weighted by molar-refractivity contribution is 6.62. The second-order valence-electron chi connectivity index (χ2n) is 8.02. The normalized spacial score (nSPS) is 18.0. The topological polar surface area (TPSA) is 60.5 Å². The van der Waals surface area contributed by atoms with E-state index in [-0.39, 0.29) is 5.56 Å². The van der Waals surface area contributed by atoms with Crippen LogP contribution in [0.5, 0.6) is 0 Å². The largest absolute Gasteiger partial charge is 0.496 e. The molecule has 0 aliphatic carbocycles. The number of nitrogens with zero attached hydrogens (tertiary/aromatic N) is 1. The van der Waals surface area contributed by atoms with Crippen LogP contribution >= 0.6 is 0 Å². The fourth-order valence-electron chi connectivity index (χ4n) is 2.87. The van der Waals surface area contributed by atoms with Gasteiger partial charge in [-0.1, -0.05) is 6.07 Å². The van der Waals surface area contributed by atoms with Gasteiger partial charge in [-0.25, -0.2) is 0 Å². The first kappa shape index (κ1) is 21.3. The number of hydrogen-bond donors (Lipinski definition) is 1. The summed E-state index contributed by atoms with van der Waals surface area (Å²) in [5, 5.41) is 2.59. The van der Waals surface area contributed by atoms with Gasteiger partial charge in [-0.05, 0) is 58.9 Å². The standard InChI is InChI=1S/C20H22BF3N2O3/c1-12-16(21-28-18(2,3)19(4,5)29-21)10-15(11-25-12)26-17(27)13-7-6-8-14(9-13)20(22,23)24/h6-11H,1-5H3,(H,26,27). The summed E-state index contributed by atoms with van der Waals surface area (Å²) >= 11 is 0. The predicted molar refractivity (Wildman–Crippen MR) is 104 cm³/mol. The van der Waals surface area contributed by atoms with Crippen molar-refractivity contribution in [2.75, 3.05) is 5.32 Å². The molecule has 0 spiro atoms. The molecule has 0 bridgehead atoms. The van der Waals surface area contributed by atoms with Crippen LogP contribution in [0.25, 0.3) is 0 Å². The molecule has 154 valence electrons. The van der Waals surface area contributed by atoms with Crippen molar-refractivity contribution in [1.82, 2.24) is 4.98 Å². The third-order valence-electron chi connectivity index (χ3n) is 5.34. The second kappa shape index (κ2) is 7.14. The van der Waals surface area contributed by atoms with Gasteiger partial charge >= 0.3 is 13.3 Å². The van der Waals surface area contributed by atoms with Crippen molar-refractivity contribution in [3.8, 4) is 0 Å². The van der Waals surface area contributed by atoms with Crippen molar-refractivity contribution in [2.24, 2.45) is 0 Å². The lowest BCUT2D eigenvalue weighted by atomic mass is 9.78. The molecule has 29 heavy (non-hydrogen) atoms. The molecule has 1 aromatic heterocycles. The van der Waals surface area contributed by atoms with E-state index >= 15 is 0 Å². The van der Waals surface area contributed by atoms with Crippen LogP contribution in [0, 0.1) is 6.92 Å². The maximum atomic E-state index is 12.9. The number of rotatable bonds is 3.